The van der Waals surface area contributed by atoms with Gasteiger partial charge in [-0.15, -0.1) is 0 Å². The minimum atomic E-state index is -0.789. The Morgan fingerprint density at radius 2 is 1.85 bits per heavy atom. The van der Waals surface area contributed by atoms with Gasteiger partial charge < -0.3 is 11.1 Å². The van der Waals surface area contributed by atoms with Crippen LogP contribution < -0.4 is 11.1 Å². The third-order valence-electron chi connectivity index (χ3n) is 6.71. The van der Waals surface area contributed by atoms with E-state index >= 15 is 0 Å². The number of aromatic nitrogens is 3. The highest BCUT2D eigenvalue weighted by Crippen LogP contribution is 2.50. The van der Waals surface area contributed by atoms with Crippen molar-refractivity contribution >= 4 is 28.4 Å². The van der Waals surface area contributed by atoms with Gasteiger partial charge in [-0.2, -0.15) is 5.10 Å². The Morgan fingerprint density at radius 3 is 2.50 bits per heavy atom. The van der Waals surface area contributed by atoms with Gasteiger partial charge in [0.25, 0.3) is 0 Å². The average Bonchev–Trinajstić information content (AvgIpc) is 3.56. The molecule has 6 nitrogen and oxygen atoms in total. The van der Waals surface area contributed by atoms with Gasteiger partial charge >= 0.3 is 0 Å². The summed E-state index contributed by atoms with van der Waals surface area (Å²) < 4.78 is 16.2. The maximum atomic E-state index is 14.5. The Morgan fingerprint density at radius 1 is 1.15 bits per heavy atom. The molecule has 1 aliphatic rings. The van der Waals surface area contributed by atoms with Crippen LogP contribution in [0.25, 0.3) is 22.2 Å². The summed E-state index contributed by atoms with van der Waals surface area (Å²) >= 11 is 0. The minimum absolute atomic E-state index is 0.172. The fraction of sp³-hybridized carbons (Fsp3) is 0.296. The SMILES string of the molecule is Cc1ccc(F)c(C2(C(=O)Nc3ccc(-c4cc(C(C)C)nc5c4c(N)nn5C)cc3)CC2)c1. The van der Waals surface area contributed by atoms with E-state index < -0.39 is 5.41 Å². The minimum Gasteiger partial charge on any atom is -0.382 e. The van der Waals surface area contributed by atoms with Crippen molar-refractivity contribution in [1.29, 1.82) is 0 Å². The van der Waals surface area contributed by atoms with E-state index in [2.05, 4.69) is 30.3 Å². The van der Waals surface area contributed by atoms with Gasteiger partial charge in [0.2, 0.25) is 5.91 Å². The fourth-order valence-corrected chi connectivity index (χ4v) is 4.55. The monoisotopic (exact) mass is 457 g/mol. The zero-order valence-electron chi connectivity index (χ0n) is 19.8. The van der Waals surface area contributed by atoms with Crippen molar-refractivity contribution < 1.29 is 9.18 Å². The molecule has 0 aliphatic heterocycles. The van der Waals surface area contributed by atoms with Crippen molar-refractivity contribution in [3.05, 3.63) is 71.2 Å². The second-order valence-corrected chi connectivity index (χ2v) is 9.55. The maximum Gasteiger partial charge on any atom is 0.235 e. The first kappa shape index (κ1) is 22.1. The van der Waals surface area contributed by atoms with Crippen molar-refractivity contribution in [2.45, 2.75) is 44.9 Å². The van der Waals surface area contributed by atoms with E-state index in [0.29, 0.717) is 29.9 Å². The number of halogens is 1. The number of nitrogens with two attached hydrogens (primary N) is 1. The molecule has 0 saturated heterocycles. The molecule has 0 unspecified atom stereocenters. The largest absolute Gasteiger partial charge is 0.382 e. The molecular weight excluding hydrogens is 429 g/mol. The average molecular weight is 458 g/mol. The van der Waals surface area contributed by atoms with Crippen LogP contribution in [0, 0.1) is 12.7 Å². The van der Waals surface area contributed by atoms with Crippen LogP contribution in [0.1, 0.15) is 49.4 Å². The Labute approximate surface area is 198 Å². The van der Waals surface area contributed by atoms with Crippen molar-refractivity contribution in [2.24, 2.45) is 7.05 Å². The highest BCUT2D eigenvalue weighted by Gasteiger charge is 2.52. The number of rotatable bonds is 5. The number of aryl methyl sites for hydroxylation is 2. The van der Waals surface area contributed by atoms with Gasteiger partial charge in [0.15, 0.2) is 11.5 Å². The van der Waals surface area contributed by atoms with Crippen LogP contribution in [0.4, 0.5) is 15.9 Å². The normalized spacial score (nSPS) is 14.5. The van der Waals surface area contributed by atoms with Gasteiger partial charge in [-0.25, -0.2) is 14.1 Å². The Bertz CT molecular complexity index is 1420. The van der Waals surface area contributed by atoms with E-state index in [1.807, 2.05) is 38.2 Å². The third kappa shape index (κ3) is 3.61. The number of nitrogen functional groups attached to an aromatic ring is 1. The topological polar surface area (TPSA) is 85.8 Å². The summed E-state index contributed by atoms with van der Waals surface area (Å²) in [7, 11) is 1.84. The molecule has 2 heterocycles. The Kier molecular flexibility index (Phi) is 5.15. The van der Waals surface area contributed by atoms with Crippen LogP contribution in [0.3, 0.4) is 0 Å². The highest BCUT2D eigenvalue weighted by atomic mass is 19.1. The number of carbonyl (C=O) groups is 1. The first-order valence-electron chi connectivity index (χ1n) is 11.5. The summed E-state index contributed by atoms with van der Waals surface area (Å²) in [4.78, 5) is 17.9. The summed E-state index contributed by atoms with van der Waals surface area (Å²) in [6.45, 7) is 6.10. The Hall–Kier alpha value is -3.74. The number of nitrogens with zero attached hydrogens (tertiary/aromatic N) is 3. The number of pyridine rings is 1. The molecule has 1 amide bonds. The van der Waals surface area contributed by atoms with Crippen molar-refractivity contribution in [3.63, 3.8) is 0 Å². The zero-order valence-corrected chi connectivity index (χ0v) is 19.8. The molecule has 1 fully saturated rings. The molecule has 7 heteroatoms. The number of carbonyl (C=O) groups excluding carboxylic acids is 1. The molecule has 2 aromatic heterocycles. The van der Waals surface area contributed by atoms with Crippen LogP contribution in [0.2, 0.25) is 0 Å². The number of nitrogens with one attached hydrogen (secondary N) is 1. The molecule has 1 saturated carbocycles. The van der Waals surface area contributed by atoms with E-state index in [1.165, 1.54) is 6.07 Å². The molecule has 0 atom stereocenters. The lowest BCUT2D eigenvalue weighted by Gasteiger charge is -2.17. The smallest absolute Gasteiger partial charge is 0.235 e. The van der Waals surface area contributed by atoms with Crippen LogP contribution in [0.5, 0.6) is 0 Å². The molecule has 1 aliphatic carbocycles. The van der Waals surface area contributed by atoms with Crippen LogP contribution in [-0.4, -0.2) is 20.7 Å². The lowest BCUT2D eigenvalue weighted by molar-refractivity contribution is -0.118. The van der Waals surface area contributed by atoms with E-state index in [4.69, 9.17) is 10.7 Å². The number of anilines is 2. The first-order valence-corrected chi connectivity index (χ1v) is 11.5. The molecule has 2 aromatic carbocycles. The van der Waals surface area contributed by atoms with E-state index in [1.54, 1.807) is 16.8 Å². The van der Waals surface area contributed by atoms with Crippen LogP contribution in [-0.2, 0) is 17.3 Å². The third-order valence-corrected chi connectivity index (χ3v) is 6.71. The van der Waals surface area contributed by atoms with Gasteiger partial charge in [0.05, 0.1) is 10.8 Å². The number of amides is 1. The summed E-state index contributed by atoms with van der Waals surface area (Å²) in [5, 5.41) is 8.16. The van der Waals surface area contributed by atoms with E-state index in [-0.39, 0.29) is 17.6 Å². The van der Waals surface area contributed by atoms with Gasteiger partial charge in [0.1, 0.15) is 5.82 Å². The molecular formula is C27H28FN5O. The summed E-state index contributed by atoms with van der Waals surface area (Å²) in [5.41, 5.74) is 11.1. The highest BCUT2D eigenvalue weighted by molar-refractivity contribution is 6.03. The molecule has 5 rings (SSSR count). The fourth-order valence-electron chi connectivity index (χ4n) is 4.55. The Balaban J connectivity index is 1.46. The summed E-state index contributed by atoms with van der Waals surface area (Å²) in [6, 6.07) is 14.6. The lowest BCUT2D eigenvalue weighted by Crippen LogP contribution is -2.28. The standard InChI is InChI=1S/C27H28FN5O/c1-15(2)22-14-19(23-24(29)32-33(4)25(23)31-22)17-6-8-18(9-7-17)30-26(34)27(11-12-27)20-13-16(3)5-10-21(20)28/h5-10,13-15H,11-12H2,1-4H3,(H2,29,32)(H,30,34). The molecule has 0 spiro atoms. The second-order valence-electron chi connectivity index (χ2n) is 9.55. The quantitative estimate of drug-likeness (QED) is 0.417. The molecule has 0 bridgehead atoms. The van der Waals surface area contributed by atoms with Crippen molar-refractivity contribution in [2.75, 3.05) is 11.1 Å². The second kappa shape index (κ2) is 7.94. The van der Waals surface area contributed by atoms with Gasteiger partial charge in [-0.05, 0) is 61.1 Å². The van der Waals surface area contributed by atoms with Gasteiger partial charge in [-0.3, -0.25) is 4.79 Å². The predicted octanol–water partition coefficient (Wildman–Crippen LogP) is 5.46. The van der Waals surface area contributed by atoms with Crippen LogP contribution >= 0.6 is 0 Å². The zero-order chi connectivity index (χ0) is 24.2. The van der Waals surface area contributed by atoms with E-state index in [9.17, 15) is 9.18 Å². The van der Waals surface area contributed by atoms with Crippen molar-refractivity contribution in [1.82, 2.24) is 14.8 Å². The number of benzene rings is 2. The van der Waals surface area contributed by atoms with Gasteiger partial charge in [0, 0.05) is 24.0 Å². The molecule has 4 aromatic rings. The summed E-state index contributed by atoms with van der Waals surface area (Å²) in [5.74, 6) is 0.179. The molecule has 34 heavy (non-hydrogen) atoms. The number of hydrogen-bond donors (Lipinski definition) is 2. The van der Waals surface area contributed by atoms with Crippen molar-refractivity contribution in [3.8, 4) is 11.1 Å². The number of hydrogen-bond acceptors (Lipinski definition) is 4. The van der Waals surface area contributed by atoms with E-state index in [0.717, 1.165) is 33.4 Å². The number of fused-ring (bicyclic) bond motifs is 1. The molecule has 0 radical (unpaired) electrons. The van der Waals surface area contributed by atoms with Crippen LogP contribution in [0.15, 0.2) is 48.5 Å². The molecule has 3 N–H and O–H groups in total. The maximum absolute atomic E-state index is 14.5. The lowest BCUT2D eigenvalue weighted by atomic mass is 9.92. The summed E-state index contributed by atoms with van der Waals surface area (Å²) in [6.07, 6.45) is 1.29. The predicted molar refractivity (Wildman–Crippen MR) is 133 cm³/mol. The first-order chi connectivity index (χ1) is 16.2. The van der Waals surface area contributed by atoms with Gasteiger partial charge in [-0.1, -0.05) is 43.7 Å². The molecule has 174 valence electrons.